The number of pyridine rings is 3. The van der Waals surface area contributed by atoms with E-state index in [4.69, 9.17) is 4.98 Å². The third kappa shape index (κ3) is 3.25. The first-order valence-electron chi connectivity index (χ1n) is 11.4. The summed E-state index contributed by atoms with van der Waals surface area (Å²) in [4.78, 5) is 27.4. The number of rotatable bonds is 3. The van der Waals surface area contributed by atoms with Crippen LogP contribution in [0.3, 0.4) is 0 Å². The second-order valence-electron chi connectivity index (χ2n) is 8.89. The first kappa shape index (κ1) is 19.8. The Hall–Kier alpha value is -3.81. The summed E-state index contributed by atoms with van der Waals surface area (Å²) >= 11 is 0. The zero-order valence-electron chi connectivity index (χ0n) is 18.8. The predicted octanol–water partition coefficient (Wildman–Crippen LogP) is 4.25. The molecular formula is C25H25N7O. The minimum atomic E-state index is 0.0147. The van der Waals surface area contributed by atoms with Crippen molar-refractivity contribution >= 4 is 22.1 Å². The summed E-state index contributed by atoms with van der Waals surface area (Å²) in [5.41, 5.74) is 6.87. The van der Waals surface area contributed by atoms with E-state index in [0.717, 1.165) is 70.3 Å². The Morgan fingerprint density at radius 3 is 2.42 bits per heavy atom. The highest BCUT2D eigenvalue weighted by atomic mass is 16.1. The molecule has 166 valence electrons. The van der Waals surface area contributed by atoms with Crippen LogP contribution in [0.2, 0.25) is 0 Å². The summed E-state index contributed by atoms with van der Waals surface area (Å²) in [6.45, 7) is 0. The molecule has 1 aliphatic carbocycles. The van der Waals surface area contributed by atoms with Gasteiger partial charge in [0.15, 0.2) is 0 Å². The average molecular weight is 440 g/mol. The van der Waals surface area contributed by atoms with Crippen LogP contribution in [0.4, 0.5) is 0 Å². The first-order valence-corrected chi connectivity index (χ1v) is 11.4. The molecule has 8 nitrogen and oxygen atoms in total. The van der Waals surface area contributed by atoms with Gasteiger partial charge in [-0.05, 0) is 37.1 Å². The van der Waals surface area contributed by atoms with Crippen molar-refractivity contribution in [2.24, 2.45) is 14.1 Å². The van der Waals surface area contributed by atoms with Gasteiger partial charge in [-0.15, -0.1) is 0 Å². The Balaban J connectivity index is 1.50. The number of hydrogen-bond acceptors (Lipinski definition) is 5. The van der Waals surface area contributed by atoms with Crippen LogP contribution >= 0.6 is 0 Å². The van der Waals surface area contributed by atoms with E-state index in [1.54, 1.807) is 21.6 Å². The molecule has 1 aliphatic rings. The molecule has 8 heteroatoms. The number of hydrogen-bond donors (Lipinski definition) is 0. The number of aryl methyl sites for hydroxylation is 2. The molecule has 0 bridgehead atoms. The van der Waals surface area contributed by atoms with Crippen molar-refractivity contribution in [1.82, 2.24) is 33.9 Å². The van der Waals surface area contributed by atoms with Crippen molar-refractivity contribution in [2.45, 2.75) is 38.1 Å². The lowest BCUT2D eigenvalue weighted by Crippen LogP contribution is -2.27. The maximum Gasteiger partial charge on any atom is 0.329 e. The molecule has 0 atom stereocenters. The van der Waals surface area contributed by atoms with Gasteiger partial charge in [-0.2, -0.15) is 5.10 Å². The monoisotopic (exact) mass is 439 g/mol. The lowest BCUT2D eigenvalue weighted by atomic mass is 9.95. The molecule has 0 unspecified atom stereocenters. The quantitative estimate of drug-likeness (QED) is 0.420. The summed E-state index contributed by atoms with van der Waals surface area (Å²) in [6.07, 6.45) is 13.0. The second kappa shape index (κ2) is 7.65. The number of fused-ring (bicyclic) bond motifs is 3. The Bertz CT molecular complexity index is 1540. The van der Waals surface area contributed by atoms with Crippen LogP contribution in [0.15, 0.2) is 53.8 Å². The molecule has 1 saturated carbocycles. The SMILES string of the molecule is Cn1cc(-c2ccc(-c3ccc4ncc5c(c4n3)n(C3CCCCC3)c(=O)n5C)cn2)cn1. The maximum absolute atomic E-state index is 13.2. The van der Waals surface area contributed by atoms with Gasteiger partial charge in [-0.3, -0.25) is 23.8 Å². The molecule has 5 aromatic heterocycles. The first-order chi connectivity index (χ1) is 16.1. The van der Waals surface area contributed by atoms with Gasteiger partial charge in [0, 0.05) is 43.7 Å². The van der Waals surface area contributed by atoms with Gasteiger partial charge in [0.2, 0.25) is 0 Å². The van der Waals surface area contributed by atoms with E-state index in [2.05, 4.69) is 15.1 Å². The van der Waals surface area contributed by atoms with Crippen LogP contribution < -0.4 is 5.69 Å². The zero-order valence-corrected chi connectivity index (χ0v) is 18.8. The smallest absolute Gasteiger partial charge is 0.293 e. The summed E-state index contributed by atoms with van der Waals surface area (Å²) in [6, 6.07) is 8.17. The molecule has 0 aromatic carbocycles. The van der Waals surface area contributed by atoms with Gasteiger partial charge >= 0.3 is 5.69 Å². The van der Waals surface area contributed by atoms with E-state index in [-0.39, 0.29) is 11.7 Å². The second-order valence-corrected chi connectivity index (χ2v) is 8.89. The molecular weight excluding hydrogens is 414 g/mol. The summed E-state index contributed by atoms with van der Waals surface area (Å²) in [7, 11) is 3.71. The fraction of sp³-hybridized carbons (Fsp3) is 0.320. The molecule has 0 amide bonds. The Labute approximate surface area is 190 Å². The van der Waals surface area contributed by atoms with Crippen molar-refractivity contribution in [3.8, 4) is 22.5 Å². The lowest BCUT2D eigenvalue weighted by molar-refractivity contribution is 0.351. The topological polar surface area (TPSA) is 83.4 Å². The van der Waals surface area contributed by atoms with Crippen molar-refractivity contribution < 1.29 is 0 Å². The molecule has 5 heterocycles. The molecule has 0 saturated heterocycles. The highest BCUT2D eigenvalue weighted by Crippen LogP contribution is 2.32. The highest BCUT2D eigenvalue weighted by Gasteiger charge is 2.24. The summed E-state index contributed by atoms with van der Waals surface area (Å²) < 4.78 is 5.44. The van der Waals surface area contributed by atoms with Crippen molar-refractivity contribution in [1.29, 1.82) is 0 Å². The van der Waals surface area contributed by atoms with Crippen LogP contribution in [0.1, 0.15) is 38.1 Å². The molecule has 0 spiro atoms. The highest BCUT2D eigenvalue weighted by molar-refractivity contribution is 6.00. The van der Waals surface area contributed by atoms with Gasteiger partial charge in [-0.1, -0.05) is 19.3 Å². The van der Waals surface area contributed by atoms with Crippen molar-refractivity contribution in [2.75, 3.05) is 0 Å². The molecule has 0 radical (unpaired) electrons. The van der Waals surface area contributed by atoms with E-state index in [1.165, 1.54) is 6.42 Å². The number of imidazole rings is 1. The Kier molecular flexibility index (Phi) is 4.60. The van der Waals surface area contributed by atoms with Gasteiger partial charge in [0.05, 0.1) is 40.3 Å². The van der Waals surface area contributed by atoms with E-state index in [1.807, 2.05) is 55.3 Å². The lowest BCUT2D eigenvalue weighted by Gasteiger charge is -2.23. The minimum Gasteiger partial charge on any atom is -0.293 e. The Morgan fingerprint density at radius 1 is 0.879 bits per heavy atom. The van der Waals surface area contributed by atoms with E-state index < -0.39 is 0 Å². The number of aromatic nitrogens is 7. The number of nitrogens with zero attached hydrogens (tertiary/aromatic N) is 7. The largest absolute Gasteiger partial charge is 0.329 e. The van der Waals surface area contributed by atoms with Crippen LogP contribution in [0.5, 0.6) is 0 Å². The summed E-state index contributed by atoms with van der Waals surface area (Å²) in [5, 5.41) is 4.22. The molecule has 33 heavy (non-hydrogen) atoms. The fourth-order valence-corrected chi connectivity index (χ4v) is 5.00. The zero-order chi connectivity index (χ0) is 22.5. The van der Waals surface area contributed by atoms with E-state index in [9.17, 15) is 4.79 Å². The molecule has 0 N–H and O–H groups in total. The molecule has 6 rings (SSSR count). The predicted molar refractivity (Wildman–Crippen MR) is 128 cm³/mol. The van der Waals surface area contributed by atoms with Crippen LogP contribution in [0.25, 0.3) is 44.6 Å². The van der Waals surface area contributed by atoms with Gasteiger partial charge in [0.1, 0.15) is 5.52 Å². The molecule has 5 aromatic rings. The molecule has 0 aliphatic heterocycles. The van der Waals surface area contributed by atoms with Crippen molar-refractivity contribution in [3.63, 3.8) is 0 Å². The third-order valence-corrected chi connectivity index (χ3v) is 6.76. The minimum absolute atomic E-state index is 0.0147. The van der Waals surface area contributed by atoms with Crippen molar-refractivity contribution in [3.05, 3.63) is 59.5 Å². The van der Waals surface area contributed by atoms with Crippen LogP contribution in [0, 0.1) is 0 Å². The Morgan fingerprint density at radius 2 is 1.70 bits per heavy atom. The van der Waals surface area contributed by atoms with Crippen LogP contribution in [-0.4, -0.2) is 33.9 Å². The van der Waals surface area contributed by atoms with Gasteiger partial charge < -0.3 is 0 Å². The molecule has 1 fully saturated rings. The third-order valence-electron chi connectivity index (χ3n) is 6.76. The average Bonchev–Trinajstić information content (AvgIpc) is 3.40. The van der Waals surface area contributed by atoms with E-state index >= 15 is 0 Å². The fourth-order valence-electron chi connectivity index (χ4n) is 5.00. The summed E-state index contributed by atoms with van der Waals surface area (Å²) in [5.74, 6) is 0. The van der Waals surface area contributed by atoms with Crippen LogP contribution in [-0.2, 0) is 14.1 Å². The van der Waals surface area contributed by atoms with Gasteiger partial charge in [0.25, 0.3) is 0 Å². The standard InChI is InChI=1S/C25H25N7O/c1-30-15-17(13-28-30)19-9-8-16(12-26-19)20-10-11-21-23(29-20)24-22(14-27-21)31(2)25(33)32(24)18-6-4-3-5-7-18/h8-15,18H,3-7H2,1-2H3. The normalized spacial score (nSPS) is 15.0. The van der Waals surface area contributed by atoms with Gasteiger partial charge in [-0.25, -0.2) is 9.78 Å². The maximum atomic E-state index is 13.2. The van der Waals surface area contributed by atoms with E-state index in [0.29, 0.717) is 0 Å².